The number of hydrogen-bond acceptors (Lipinski definition) is 4. The zero-order chi connectivity index (χ0) is 15.1. The van der Waals surface area contributed by atoms with Crippen molar-refractivity contribution in [3.05, 3.63) is 24.3 Å². The van der Waals surface area contributed by atoms with Crippen LogP contribution in [0.5, 0.6) is 0 Å². The van der Waals surface area contributed by atoms with Crippen molar-refractivity contribution in [2.75, 3.05) is 25.5 Å². The third kappa shape index (κ3) is 4.98. The van der Waals surface area contributed by atoms with Crippen LogP contribution in [0.2, 0.25) is 0 Å². The summed E-state index contributed by atoms with van der Waals surface area (Å²) in [5.41, 5.74) is 0.900. The van der Waals surface area contributed by atoms with Crippen molar-refractivity contribution in [1.82, 2.24) is 4.72 Å². The van der Waals surface area contributed by atoms with E-state index in [-0.39, 0.29) is 4.90 Å². The van der Waals surface area contributed by atoms with Crippen LogP contribution < -0.4 is 10.0 Å². The summed E-state index contributed by atoms with van der Waals surface area (Å²) < 4.78 is 31.3. The molecule has 0 aliphatic heterocycles. The first-order chi connectivity index (χ1) is 10.1. The van der Waals surface area contributed by atoms with Gasteiger partial charge in [-0.1, -0.05) is 19.3 Å². The largest absolute Gasteiger partial charge is 0.383 e. The highest BCUT2D eigenvalue weighted by Gasteiger charge is 2.13. The fourth-order valence-corrected chi connectivity index (χ4v) is 3.25. The summed E-state index contributed by atoms with van der Waals surface area (Å²) in [5, 5.41) is 3.24. The molecule has 6 heteroatoms. The van der Waals surface area contributed by atoms with Crippen molar-refractivity contribution in [3.8, 4) is 0 Å². The first-order valence-electron chi connectivity index (χ1n) is 7.51. The van der Waals surface area contributed by atoms with Gasteiger partial charge in [-0.15, -0.1) is 0 Å². The number of anilines is 1. The number of sulfonamides is 1. The van der Waals surface area contributed by atoms with E-state index in [1.54, 1.807) is 24.3 Å². The molecule has 118 valence electrons. The van der Waals surface area contributed by atoms with E-state index in [9.17, 15) is 8.42 Å². The Hall–Kier alpha value is -1.11. The van der Waals surface area contributed by atoms with Gasteiger partial charge >= 0.3 is 0 Å². The Morgan fingerprint density at radius 2 is 1.81 bits per heavy atom. The topological polar surface area (TPSA) is 67.4 Å². The van der Waals surface area contributed by atoms with Crippen molar-refractivity contribution in [3.63, 3.8) is 0 Å². The van der Waals surface area contributed by atoms with Gasteiger partial charge in [0.1, 0.15) is 0 Å². The first-order valence-corrected chi connectivity index (χ1v) is 8.99. The number of benzene rings is 1. The highest BCUT2D eigenvalue weighted by atomic mass is 32.2. The Balaban J connectivity index is 1.73. The molecule has 0 saturated heterocycles. The number of rotatable bonds is 7. The van der Waals surface area contributed by atoms with E-state index in [2.05, 4.69) is 10.0 Å². The van der Waals surface area contributed by atoms with Crippen LogP contribution in [0.15, 0.2) is 29.2 Å². The molecule has 0 unspecified atom stereocenters. The lowest BCUT2D eigenvalue weighted by atomic mass is 9.98. The molecule has 1 saturated carbocycles. The van der Waals surface area contributed by atoms with Gasteiger partial charge in [-0.2, -0.15) is 0 Å². The molecule has 1 aromatic rings. The third-order valence-electron chi connectivity index (χ3n) is 3.77. The average molecular weight is 312 g/mol. The molecule has 0 amide bonds. The maximum Gasteiger partial charge on any atom is 0.240 e. The van der Waals surface area contributed by atoms with Crippen LogP contribution in [0.3, 0.4) is 0 Å². The Morgan fingerprint density at radius 1 is 1.14 bits per heavy atom. The standard InChI is InChI=1S/C15H24N2O3S/c1-16-21(18,19)15-9-7-13(8-10-15)17-11-12-20-14-5-3-2-4-6-14/h7-10,14,16-17H,2-6,11-12H2,1H3. The predicted octanol–water partition coefficient (Wildman–Crippen LogP) is 2.36. The molecule has 1 aromatic carbocycles. The molecule has 0 aromatic heterocycles. The molecule has 1 aliphatic carbocycles. The summed E-state index contributed by atoms with van der Waals surface area (Å²) in [6.45, 7) is 1.41. The fraction of sp³-hybridized carbons (Fsp3) is 0.600. The van der Waals surface area contributed by atoms with Gasteiger partial charge in [0.15, 0.2) is 0 Å². The number of ether oxygens (including phenoxy) is 1. The fourth-order valence-electron chi connectivity index (χ4n) is 2.52. The van der Waals surface area contributed by atoms with Crippen LogP contribution in [0, 0.1) is 0 Å². The number of hydrogen-bond donors (Lipinski definition) is 2. The Kier molecular flexibility index (Phi) is 6.02. The van der Waals surface area contributed by atoms with Gasteiger partial charge in [0.2, 0.25) is 10.0 Å². The van der Waals surface area contributed by atoms with Crippen molar-refractivity contribution < 1.29 is 13.2 Å². The summed E-state index contributed by atoms with van der Waals surface area (Å²) in [4.78, 5) is 0.272. The Labute approximate surface area is 127 Å². The van der Waals surface area contributed by atoms with Gasteiger partial charge in [-0.25, -0.2) is 13.1 Å². The van der Waals surface area contributed by atoms with Crippen molar-refractivity contribution in [2.45, 2.75) is 43.1 Å². The van der Waals surface area contributed by atoms with Gasteiger partial charge in [0, 0.05) is 12.2 Å². The minimum Gasteiger partial charge on any atom is -0.383 e. The maximum absolute atomic E-state index is 11.6. The lowest BCUT2D eigenvalue weighted by molar-refractivity contribution is 0.0347. The monoisotopic (exact) mass is 312 g/mol. The van der Waals surface area contributed by atoms with Gasteiger partial charge in [0.05, 0.1) is 17.6 Å². The van der Waals surface area contributed by atoms with Crippen LogP contribution in [0.25, 0.3) is 0 Å². The predicted molar refractivity (Wildman–Crippen MR) is 84.0 cm³/mol. The maximum atomic E-state index is 11.6. The molecule has 0 heterocycles. The van der Waals surface area contributed by atoms with Crippen LogP contribution in [-0.2, 0) is 14.8 Å². The van der Waals surface area contributed by atoms with E-state index in [0.29, 0.717) is 12.7 Å². The average Bonchev–Trinajstić information content (AvgIpc) is 2.53. The normalized spacial score (nSPS) is 16.8. The van der Waals surface area contributed by atoms with Crippen molar-refractivity contribution in [2.24, 2.45) is 0 Å². The van der Waals surface area contributed by atoms with E-state index in [1.165, 1.54) is 39.2 Å². The highest BCUT2D eigenvalue weighted by molar-refractivity contribution is 7.89. The first kappa shape index (κ1) is 16.3. The molecule has 0 spiro atoms. The summed E-state index contributed by atoms with van der Waals surface area (Å²) in [7, 11) is -1.95. The van der Waals surface area contributed by atoms with Crippen molar-refractivity contribution in [1.29, 1.82) is 0 Å². The molecular weight excluding hydrogens is 288 g/mol. The van der Waals surface area contributed by atoms with E-state index in [4.69, 9.17) is 4.74 Å². The molecular formula is C15H24N2O3S. The van der Waals surface area contributed by atoms with E-state index < -0.39 is 10.0 Å². The lowest BCUT2D eigenvalue weighted by Gasteiger charge is -2.22. The van der Waals surface area contributed by atoms with Gasteiger partial charge < -0.3 is 10.1 Å². The third-order valence-corrected chi connectivity index (χ3v) is 5.20. The minimum atomic E-state index is -3.36. The second-order valence-corrected chi connectivity index (χ2v) is 7.18. The van der Waals surface area contributed by atoms with Crippen LogP contribution in [0.1, 0.15) is 32.1 Å². The summed E-state index contributed by atoms with van der Waals surface area (Å²) >= 11 is 0. The molecule has 1 aliphatic rings. The van der Waals surface area contributed by atoms with Gasteiger partial charge in [-0.3, -0.25) is 0 Å². The molecule has 21 heavy (non-hydrogen) atoms. The number of nitrogens with one attached hydrogen (secondary N) is 2. The zero-order valence-corrected chi connectivity index (χ0v) is 13.3. The summed E-state index contributed by atoms with van der Waals surface area (Å²) in [6.07, 6.45) is 6.66. The molecule has 1 fully saturated rings. The summed E-state index contributed by atoms with van der Waals surface area (Å²) in [5.74, 6) is 0. The van der Waals surface area contributed by atoms with Crippen LogP contribution in [0.4, 0.5) is 5.69 Å². The second kappa shape index (κ2) is 7.77. The van der Waals surface area contributed by atoms with E-state index in [0.717, 1.165) is 12.2 Å². The molecule has 5 nitrogen and oxygen atoms in total. The van der Waals surface area contributed by atoms with E-state index in [1.807, 2.05) is 0 Å². The van der Waals surface area contributed by atoms with Crippen LogP contribution in [-0.4, -0.2) is 34.7 Å². The Morgan fingerprint density at radius 3 is 2.43 bits per heavy atom. The summed E-state index contributed by atoms with van der Waals surface area (Å²) in [6, 6.07) is 6.72. The van der Waals surface area contributed by atoms with Gasteiger partial charge in [0.25, 0.3) is 0 Å². The molecule has 0 bridgehead atoms. The quantitative estimate of drug-likeness (QED) is 0.759. The lowest BCUT2D eigenvalue weighted by Crippen LogP contribution is -2.20. The zero-order valence-electron chi connectivity index (χ0n) is 12.5. The van der Waals surface area contributed by atoms with Gasteiger partial charge in [-0.05, 0) is 44.2 Å². The highest BCUT2D eigenvalue weighted by Crippen LogP contribution is 2.20. The molecule has 0 radical (unpaired) electrons. The second-order valence-electron chi connectivity index (χ2n) is 5.29. The molecule has 2 N–H and O–H groups in total. The van der Waals surface area contributed by atoms with Crippen molar-refractivity contribution >= 4 is 15.7 Å². The van der Waals surface area contributed by atoms with Crippen LogP contribution >= 0.6 is 0 Å². The molecule has 0 atom stereocenters. The minimum absolute atomic E-state index is 0.272. The molecule has 2 rings (SSSR count). The van der Waals surface area contributed by atoms with E-state index >= 15 is 0 Å². The smallest absolute Gasteiger partial charge is 0.240 e. The SMILES string of the molecule is CNS(=O)(=O)c1ccc(NCCOC2CCCCC2)cc1. The Bertz CT molecular complexity index is 522.